The van der Waals surface area contributed by atoms with Gasteiger partial charge in [-0.3, -0.25) is 9.59 Å². The second-order valence-corrected chi connectivity index (χ2v) is 13.3. The first kappa shape index (κ1) is 35.6. The third kappa shape index (κ3) is 9.88. The Morgan fingerprint density at radius 1 is 0.396 bits per heavy atom. The molecule has 0 N–H and O–H groups in total. The number of rotatable bonds is 11. The molecule has 2 atom stereocenters. The summed E-state index contributed by atoms with van der Waals surface area (Å²) in [6, 6.07) is 35.6. The molecule has 0 saturated heterocycles. The Morgan fingerprint density at radius 2 is 0.625 bits per heavy atom. The average molecular weight is 651 g/mol. The average Bonchev–Trinajstić information content (AvgIpc) is 3.03. The Labute approximate surface area is 282 Å². The van der Waals surface area contributed by atoms with Crippen LogP contribution in [-0.2, 0) is 38.1 Å². The summed E-state index contributed by atoms with van der Waals surface area (Å²) in [6.45, 7) is 9.81. The molecule has 0 aliphatic rings. The molecule has 8 heteroatoms. The lowest BCUT2D eigenvalue weighted by Gasteiger charge is -2.31. The summed E-state index contributed by atoms with van der Waals surface area (Å²) in [7, 11) is 0. The standard InChI is InChI=1S/C40H42O8/c1-39(2,3)47-37(43)33(45-35(41)31(27-19-11-7-12-20-27)28-21-13-8-14-22-28)34(38(44)48-40(4,5)6)46-36(42)32(29-23-15-9-16-24-29)30-25-17-10-18-26-30/h7-26,31-34H,1-6H3/t33-,34-/m1/s1. The lowest BCUT2D eigenvalue weighted by molar-refractivity contribution is -0.200. The second-order valence-electron chi connectivity index (χ2n) is 13.3. The molecule has 4 aromatic carbocycles. The zero-order chi connectivity index (χ0) is 34.9. The Kier molecular flexibility index (Phi) is 11.5. The molecule has 0 saturated carbocycles. The van der Waals surface area contributed by atoms with Gasteiger partial charge in [0.25, 0.3) is 0 Å². The molecule has 0 aromatic heterocycles. The van der Waals surface area contributed by atoms with E-state index in [0.717, 1.165) is 0 Å². The van der Waals surface area contributed by atoms with E-state index in [4.69, 9.17) is 18.9 Å². The van der Waals surface area contributed by atoms with E-state index in [0.29, 0.717) is 22.3 Å². The molecular formula is C40H42O8. The van der Waals surface area contributed by atoms with Gasteiger partial charge in [0.15, 0.2) is 0 Å². The number of esters is 4. The van der Waals surface area contributed by atoms with Crippen molar-refractivity contribution in [2.75, 3.05) is 0 Å². The van der Waals surface area contributed by atoms with Crippen molar-refractivity contribution in [1.82, 2.24) is 0 Å². The highest BCUT2D eigenvalue weighted by molar-refractivity contribution is 5.92. The predicted molar refractivity (Wildman–Crippen MR) is 181 cm³/mol. The first-order chi connectivity index (χ1) is 22.7. The normalized spacial score (nSPS) is 12.9. The van der Waals surface area contributed by atoms with Crippen LogP contribution in [0.25, 0.3) is 0 Å². The number of hydrogen-bond donors (Lipinski definition) is 0. The van der Waals surface area contributed by atoms with E-state index in [1.807, 2.05) is 24.3 Å². The first-order valence-corrected chi connectivity index (χ1v) is 15.8. The van der Waals surface area contributed by atoms with Crippen molar-refractivity contribution in [1.29, 1.82) is 0 Å². The number of hydrogen-bond acceptors (Lipinski definition) is 8. The van der Waals surface area contributed by atoms with E-state index in [-0.39, 0.29) is 0 Å². The lowest BCUT2D eigenvalue weighted by Crippen LogP contribution is -2.50. The Balaban J connectivity index is 1.80. The molecule has 0 spiro atoms. The topological polar surface area (TPSA) is 105 Å². The smallest absolute Gasteiger partial charge is 0.352 e. The molecule has 48 heavy (non-hydrogen) atoms. The zero-order valence-corrected chi connectivity index (χ0v) is 28.1. The van der Waals surface area contributed by atoms with Gasteiger partial charge in [-0.2, -0.15) is 0 Å². The number of benzene rings is 4. The van der Waals surface area contributed by atoms with Crippen LogP contribution in [0, 0.1) is 0 Å². The fourth-order valence-electron chi connectivity index (χ4n) is 5.08. The van der Waals surface area contributed by atoms with Crippen LogP contribution in [0.2, 0.25) is 0 Å². The van der Waals surface area contributed by atoms with Crippen LogP contribution < -0.4 is 0 Å². The van der Waals surface area contributed by atoms with Crippen molar-refractivity contribution < 1.29 is 38.1 Å². The fraction of sp³-hybridized carbons (Fsp3) is 0.300. The minimum atomic E-state index is -2.00. The zero-order valence-electron chi connectivity index (χ0n) is 28.1. The van der Waals surface area contributed by atoms with Gasteiger partial charge >= 0.3 is 23.9 Å². The predicted octanol–water partition coefficient (Wildman–Crippen LogP) is 7.16. The molecule has 0 fully saturated rings. The molecular weight excluding hydrogens is 608 g/mol. The van der Waals surface area contributed by atoms with Crippen molar-refractivity contribution in [3.8, 4) is 0 Å². The first-order valence-electron chi connectivity index (χ1n) is 15.8. The van der Waals surface area contributed by atoms with Gasteiger partial charge in [-0.1, -0.05) is 121 Å². The van der Waals surface area contributed by atoms with Gasteiger partial charge in [0.1, 0.15) is 23.0 Å². The van der Waals surface area contributed by atoms with Crippen LogP contribution in [0.5, 0.6) is 0 Å². The van der Waals surface area contributed by atoms with Crippen LogP contribution in [0.1, 0.15) is 75.6 Å². The summed E-state index contributed by atoms with van der Waals surface area (Å²) in [5.41, 5.74) is 0.288. The van der Waals surface area contributed by atoms with E-state index in [2.05, 4.69) is 0 Å². The molecule has 250 valence electrons. The van der Waals surface area contributed by atoms with Crippen LogP contribution in [0.4, 0.5) is 0 Å². The highest BCUT2D eigenvalue weighted by Crippen LogP contribution is 2.31. The van der Waals surface area contributed by atoms with Crippen LogP contribution in [0.3, 0.4) is 0 Å². The van der Waals surface area contributed by atoms with Gasteiger partial charge in [-0.05, 0) is 63.8 Å². The van der Waals surface area contributed by atoms with Gasteiger partial charge in [0.05, 0.1) is 0 Å². The SMILES string of the molecule is CC(C)(C)OC(=O)[C@H](OC(=O)C(c1ccccc1)c1ccccc1)[C@@H](OC(=O)C(c1ccccc1)c1ccccc1)C(=O)OC(C)(C)C. The van der Waals surface area contributed by atoms with E-state index < -0.39 is 59.1 Å². The van der Waals surface area contributed by atoms with Gasteiger partial charge in [-0.25, -0.2) is 9.59 Å². The summed E-state index contributed by atoms with van der Waals surface area (Å²) < 4.78 is 23.2. The van der Waals surface area contributed by atoms with Crippen molar-refractivity contribution >= 4 is 23.9 Å². The molecule has 0 bridgehead atoms. The largest absolute Gasteiger partial charge is 0.457 e. The molecule has 0 radical (unpaired) electrons. The van der Waals surface area contributed by atoms with Crippen molar-refractivity contribution in [3.05, 3.63) is 144 Å². The second kappa shape index (κ2) is 15.6. The number of carbonyl (C=O) groups excluding carboxylic acids is 4. The fourth-order valence-corrected chi connectivity index (χ4v) is 5.08. The maximum Gasteiger partial charge on any atom is 0.352 e. The molecule has 4 rings (SSSR count). The van der Waals surface area contributed by atoms with E-state index in [9.17, 15) is 19.2 Å². The number of carbonyl (C=O) groups is 4. The van der Waals surface area contributed by atoms with Crippen molar-refractivity contribution in [2.24, 2.45) is 0 Å². The maximum absolute atomic E-state index is 14.2. The quantitative estimate of drug-likeness (QED) is 0.124. The third-order valence-electron chi connectivity index (χ3n) is 7.04. The molecule has 8 nitrogen and oxygen atoms in total. The van der Waals surface area contributed by atoms with Crippen LogP contribution in [0.15, 0.2) is 121 Å². The third-order valence-corrected chi connectivity index (χ3v) is 7.04. The molecule has 0 heterocycles. The van der Waals surface area contributed by atoms with E-state index >= 15 is 0 Å². The summed E-state index contributed by atoms with van der Waals surface area (Å²) in [5, 5.41) is 0. The summed E-state index contributed by atoms with van der Waals surface area (Å²) in [4.78, 5) is 56.1. The van der Waals surface area contributed by atoms with Crippen molar-refractivity contribution in [3.63, 3.8) is 0 Å². The maximum atomic E-state index is 14.2. The molecule has 0 aliphatic carbocycles. The van der Waals surface area contributed by atoms with Gasteiger partial charge < -0.3 is 18.9 Å². The van der Waals surface area contributed by atoms with E-state index in [1.54, 1.807) is 139 Å². The van der Waals surface area contributed by atoms with Crippen LogP contribution in [-0.4, -0.2) is 47.3 Å². The lowest BCUT2D eigenvalue weighted by atomic mass is 9.91. The highest BCUT2D eigenvalue weighted by Gasteiger charge is 2.47. The summed E-state index contributed by atoms with van der Waals surface area (Å²) in [5.74, 6) is -5.81. The highest BCUT2D eigenvalue weighted by atomic mass is 16.6. The Morgan fingerprint density at radius 3 is 0.833 bits per heavy atom. The minimum Gasteiger partial charge on any atom is -0.457 e. The van der Waals surface area contributed by atoms with Gasteiger partial charge in [-0.15, -0.1) is 0 Å². The van der Waals surface area contributed by atoms with Crippen molar-refractivity contribution in [2.45, 2.75) is 76.8 Å². The molecule has 0 amide bonds. The molecule has 0 unspecified atom stereocenters. The van der Waals surface area contributed by atoms with E-state index in [1.165, 1.54) is 0 Å². The molecule has 4 aromatic rings. The van der Waals surface area contributed by atoms with Gasteiger partial charge in [0, 0.05) is 0 Å². The Bertz CT molecular complexity index is 1450. The minimum absolute atomic E-state index is 0.593. The summed E-state index contributed by atoms with van der Waals surface area (Å²) >= 11 is 0. The number of ether oxygens (including phenoxy) is 4. The Hall–Kier alpha value is -5.24. The molecule has 0 aliphatic heterocycles. The van der Waals surface area contributed by atoms with Gasteiger partial charge in [0.2, 0.25) is 12.2 Å². The summed E-state index contributed by atoms with van der Waals surface area (Å²) in [6.07, 6.45) is -4.00. The monoisotopic (exact) mass is 650 g/mol. The van der Waals surface area contributed by atoms with Crippen LogP contribution >= 0.6 is 0 Å².